The molecular formula is C16H17NO3. The Morgan fingerprint density at radius 3 is 2.95 bits per heavy atom. The number of hydrogen-bond acceptors (Lipinski definition) is 3. The minimum atomic E-state index is -0.138. The van der Waals surface area contributed by atoms with Crippen LogP contribution < -0.4 is 10.1 Å². The molecule has 0 saturated heterocycles. The molecule has 1 N–H and O–H groups in total. The second-order valence-electron chi connectivity index (χ2n) is 5.05. The number of furan rings is 1. The molecule has 0 bridgehead atoms. The van der Waals surface area contributed by atoms with Crippen LogP contribution in [0.5, 0.6) is 5.75 Å². The smallest absolute Gasteiger partial charge is 0.227 e. The number of fused-ring (bicyclic) bond motifs is 1. The van der Waals surface area contributed by atoms with Crippen LogP contribution in [0, 0.1) is 12.8 Å². The number of nitrogens with one attached hydrogen (secondary N) is 1. The molecule has 4 nitrogen and oxygen atoms in total. The lowest BCUT2D eigenvalue weighted by Gasteiger charge is -2.24. The zero-order valence-electron chi connectivity index (χ0n) is 11.4. The van der Waals surface area contributed by atoms with Crippen LogP contribution in [0.2, 0.25) is 0 Å². The number of para-hydroxylation sites is 1. The van der Waals surface area contributed by atoms with Gasteiger partial charge >= 0.3 is 0 Å². The molecule has 1 aliphatic heterocycles. The summed E-state index contributed by atoms with van der Waals surface area (Å²) in [5, 5.41) is 2.90. The van der Waals surface area contributed by atoms with Crippen molar-refractivity contribution >= 4 is 5.91 Å². The SMILES string of the molecule is Cc1ccc(CNC(=O)[C@@H]2COc3ccccc3C2)o1. The van der Waals surface area contributed by atoms with Crippen LogP contribution in [0.25, 0.3) is 0 Å². The number of carbonyl (C=O) groups is 1. The highest BCUT2D eigenvalue weighted by Gasteiger charge is 2.25. The van der Waals surface area contributed by atoms with Crippen molar-refractivity contribution in [1.29, 1.82) is 0 Å². The molecule has 0 spiro atoms. The Kier molecular flexibility index (Phi) is 3.46. The fraction of sp³-hybridized carbons (Fsp3) is 0.312. The van der Waals surface area contributed by atoms with Crippen molar-refractivity contribution in [3.63, 3.8) is 0 Å². The van der Waals surface area contributed by atoms with Gasteiger partial charge in [-0.1, -0.05) is 18.2 Å². The second-order valence-corrected chi connectivity index (χ2v) is 5.05. The van der Waals surface area contributed by atoms with Gasteiger partial charge in [0.05, 0.1) is 12.5 Å². The normalized spacial score (nSPS) is 17.1. The largest absolute Gasteiger partial charge is 0.492 e. The molecule has 0 fully saturated rings. The summed E-state index contributed by atoms with van der Waals surface area (Å²) in [7, 11) is 0. The van der Waals surface area contributed by atoms with Gasteiger partial charge in [-0.15, -0.1) is 0 Å². The summed E-state index contributed by atoms with van der Waals surface area (Å²) >= 11 is 0. The molecule has 4 heteroatoms. The third kappa shape index (κ3) is 2.69. The fourth-order valence-corrected chi connectivity index (χ4v) is 2.40. The third-order valence-electron chi connectivity index (χ3n) is 3.48. The summed E-state index contributed by atoms with van der Waals surface area (Å²) in [6, 6.07) is 11.6. The van der Waals surface area contributed by atoms with E-state index >= 15 is 0 Å². The predicted molar refractivity (Wildman–Crippen MR) is 74.4 cm³/mol. The average Bonchev–Trinajstić information content (AvgIpc) is 2.90. The quantitative estimate of drug-likeness (QED) is 0.933. The minimum Gasteiger partial charge on any atom is -0.492 e. The lowest BCUT2D eigenvalue weighted by atomic mass is 9.96. The predicted octanol–water partition coefficient (Wildman–Crippen LogP) is 2.46. The van der Waals surface area contributed by atoms with E-state index in [-0.39, 0.29) is 11.8 Å². The van der Waals surface area contributed by atoms with Crippen molar-refractivity contribution in [3.8, 4) is 5.75 Å². The Labute approximate surface area is 117 Å². The first-order valence-electron chi connectivity index (χ1n) is 6.76. The van der Waals surface area contributed by atoms with E-state index in [1.165, 1.54) is 0 Å². The number of ether oxygens (including phenoxy) is 1. The number of aryl methyl sites for hydroxylation is 1. The van der Waals surface area contributed by atoms with Gasteiger partial charge in [-0.25, -0.2) is 0 Å². The summed E-state index contributed by atoms with van der Waals surface area (Å²) in [6.07, 6.45) is 0.721. The molecule has 0 unspecified atom stereocenters. The monoisotopic (exact) mass is 271 g/mol. The standard InChI is InChI=1S/C16H17NO3/c1-11-6-7-14(20-11)9-17-16(18)13-8-12-4-2-3-5-15(12)19-10-13/h2-7,13H,8-10H2,1H3,(H,17,18)/t13-/m0/s1. The van der Waals surface area contributed by atoms with Gasteiger partial charge in [0.25, 0.3) is 0 Å². The highest BCUT2D eigenvalue weighted by molar-refractivity contribution is 5.79. The Morgan fingerprint density at radius 1 is 1.30 bits per heavy atom. The zero-order valence-corrected chi connectivity index (χ0v) is 11.4. The van der Waals surface area contributed by atoms with Gasteiger partial charge in [0, 0.05) is 0 Å². The molecule has 0 saturated carbocycles. The van der Waals surface area contributed by atoms with E-state index in [1.807, 2.05) is 43.3 Å². The van der Waals surface area contributed by atoms with Gasteiger partial charge in [-0.3, -0.25) is 4.79 Å². The van der Waals surface area contributed by atoms with Gasteiger partial charge in [-0.05, 0) is 37.1 Å². The van der Waals surface area contributed by atoms with Crippen molar-refractivity contribution in [2.24, 2.45) is 5.92 Å². The Morgan fingerprint density at radius 2 is 2.15 bits per heavy atom. The summed E-state index contributed by atoms with van der Waals surface area (Å²) < 4.78 is 11.1. The Bertz CT molecular complexity index is 618. The van der Waals surface area contributed by atoms with E-state index in [0.29, 0.717) is 13.2 Å². The fourth-order valence-electron chi connectivity index (χ4n) is 2.40. The van der Waals surface area contributed by atoms with E-state index in [0.717, 1.165) is 29.3 Å². The van der Waals surface area contributed by atoms with Crippen molar-refractivity contribution in [2.45, 2.75) is 19.9 Å². The Hall–Kier alpha value is -2.23. The molecule has 0 aliphatic carbocycles. The molecule has 104 valence electrons. The Balaban J connectivity index is 1.59. The maximum atomic E-state index is 12.2. The zero-order chi connectivity index (χ0) is 13.9. The van der Waals surface area contributed by atoms with Crippen LogP contribution in [-0.4, -0.2) is 12.5 Å². The van der Waals surface area contributed by atoms with Crippen LogP contribution in [0.3, 0.4) is 0 Å². The number of amides is 1. The van der Waals surface area contributed by atoms with Crippen molar-refractivity contribution in [2.75, 3.05) is 6.61 Å². The molecule has 0 radical (unpaired) electrons. The topological polar surface area (TPSA) is 51.5 Å². The third-order valence-corrected chi connectivity index (χ3v) is 3.48. The lowest BCUT2D eigenvalue weighted by Crippen LogP contribution is -2.36. The first kappa shape index (κ1) is 12.8. The van der Waals surface area contributed by atoms with Crippen LogP contribution in [0.4, 0.5) is 0 Å². The van der Waals surface area contributed by atoms with Crippen LogP contribution in [0.15, 0.2) is 40.8 Å². The summed E-state index contributed by atoms with van der Waals surface area (Å²) in [5.41, 5.74) is 1.09. The van der Waals surface area contributed by atoms with E-state index in [1.54, 1.807) is 0 Å². The molecule has 2 aromatic rings. The van der Waals surface area contributed by atoms with Gasteiger partial charge in [-0.2, -0.15) is 0 Å². The summed E-state index contributed by atoms with van der Waals surface area (Å²) in [4.78, 5) is 12.2. The van der Waals surface area contributed by atoms with Crippen LogP contribution >= 0.6 is 0 Å². The molecule has 1 aliphatic rings. The van der Waals surface area contributed by atoms with E-state index in [9.17, 15) is 4.79 Å². The number of rotatable bonds is 3. The lowest BCUT2D eigenvalue weighted by molar-refractivity contribution is -0.126. The van der Waals surface area contributed by atoms with E-state index in [4.69, 9.17) is 9.15 Å². The maximum Gasteiger partial charge on any atom is 0.227 e. The molecule has 1 aromatic carbocycles. The first-order valence-corrected chi connectivity index (χ1v) is 6.76. The van der Waals surface area contributed by atoms with Crippen LogP contribution in [0.1, 0.15) is 17.1 Å². The van der Waals surface area contributed by atoms with E-state index in [2.05, 4.69) is 5.32 Å². The van der Waals surface area contributed by atoms with Gasteiger partial charge in [0.2, 0.25) is 5.91 Å². The number of benzene rings is 1. The van der Waals surface area contributed by atoms with Crippen molar-refractivity contribution < 1.29 is 13.9 Å². The minimum absolute atomic E-state index is 0.00792. The summed E-state index contributed by atoms with van der Waals surface area (Å²) in [6.45, 7) is 2.74. The van der Waals surface area contributed by atoms with E-state index < -0.39 is 0 Å². The van der Waals surface area contributed by atoms with Crippen molar-refractivity contribution in [3.05, 3.63) is 53.5 Å². The molecule has 3 rings (SSSR count). The summed E-state index contributed by atoms with van der Waals surface area (Å²) in [5.74, 6) is 2.38. The number of hydrogen-bond donors (Lipinski definition) is 1. The molecule has 2 heterocycles. The van der Waals surface area contributed by atoms with Crippen LogP contribution in [-0.2, 0) is 17.8 Å². The molecule has 20 heavy (non-hydrogen) atoms. The van der Waals surface area contributed by atoms with Gasteiger partial charge < -0.3 is 14.5 Å². The molecule has 1 atom stereocenters. The highest BCUT2D eigenvalue weighted by atomic mass is 16.5. The second kappa shape index (κ2) is 5.41. The van der Waals surface area contributed by atoms with Gasteiger partial charge in [0.1, 0.15) is 23.9 Å². The molecule has 1 amide bonds. The van der Waals surface area contributed by atoms with Gasteiger partial charge in [0.15, 0.2) is 0 Å². The highest BCUT2D eigenvalue weighted by Crippen LogP contribution is 2.26. The average molecular weight is 271 g/mol. The first-order chi connectivity index (χ1) is 9.72. The maximum absolute atomic E-state index is 12.2. The molecular weight excluding hydrogens is 254 g/mol. The number of carbonyl (C=O) groups excluding carboxylic acids is 1. The molecule has 1 aromatic heterocycles. The van der Waals surface area contributed by atoms with Crippen molar-refractivity contribution in [1.82, 2.24) is 5.32 Å².